The fraction of sp³-hybridized carbons (Fsp3) is 0.538. The van der Waals surface area contributed by atoms with Gasteiger partial charge in [0.1, 0.15) is 0 Å². The summed E-state index contributed by atoms with van der Waals surface area (Å²) in [6, 6.07) is 3.20. The average Bonchev–Trinajstić information content (AvgIpc) is 2.42. The molecule has 1 atom stereocenters. The van der Waals surface area contributed by atoms with Gasteiger partial charge in [-0.3, -0.25) is 4.79 Å². The quantitative estimate of drug-likeness (QED) is 0.764. The summed E-state index contributed by atoms with van der Waals surface area (Å²) in [4.78, 5) is 15.7. The van der Waals surface area contributed by atoms with Crippen LogP contribution in [0, 0.1) is 0 Å². The van der Waals surface area contributed by atoms with E-state index in [4.69, 9.17) is 10.5 Å². The van der Waals surface area contributed by atoms with E-state index in [2.05, 4.69) is 17.2 Å². The van der Waals surface area contributed by atoms with Gasteiger partial charge in [0, 0.05) is 18.8 Å². The average molecular weight is 251 g/mol. The summed E-state index contributed by atoms with van der Waals surface area (Å²) in [5.74, 6) is 0.427. The van der Waals surface area contributed by atoms with Crippen molar-refractivity contribution in [3.63, 3.8) is 0 Å². The number of nitrogens with two attached hydrogens (primary N) is 1. The Balaban J connectivity index is 2.41. The molecule has 0 aliphatic rings. The lowest BCUT2D eigenvalue weighted by molar-refractivity contribution is -0.122. The molecule has 0 spiro atoms. The number of hydrogen-bond acceptors (Lipinski definition) is 4. The van der Waals surface area contributed by atoms with E-state index in [1.165, 1.54) is 0 Å². The molecule has 1 aromatic heterocycles. The Bertz CT molecular complexity index is 382. The highest BCUT2D eigenvalue weighted by atomic mass is 16.5. The molecule has 5 heteroatoms. The molecule has 1 rings (SSSR count). The normalized spacial score (nSPS) is 11.9. The molecular weight excluding hydrogens is 230 g/mol. The minimum absolute atomic E-state index is 0.112. The molecule has 18 heavy (non-hydrogen) atoms. The molecule has 0 bridgehead atoms. The van der Waals surface area contributed by atoms with Gasteiger partial charge in [-0.15, -0.1) is 0 Å². The van der Waals surface area contributed by atoms with Crippen molar-refractivity contribution in [3.05, 3.63) is 23.9 Å². The second-order valence-corrected chi connectivity index (χ2v) is 4.17. The van der Waals surface area contributed by atoms with Crippen LogP contribution < -0.4 is 15.8 Å². The van der Waals surface area contributed by atoms with Crippen LogP contribution in [-0.2, 0) is 11.3 Å². The highest BCUT2D eigenvalue weighted by Crippen LogP contribution is 2.08. The van der Waals surface area contributed by atoms with E-state index in [1.54, 1.807) is 19.4 Å². The fourth-order valence-electron chi connectivity index (χ4n) is 1.55. The number of hydrogen-bond donors (Lipinski definition) is 2. The van der Waals surface area contributed by atoms with Crippen LogP contribution in [-0.4, -0.2) is 24.0 Å². The first-order valence-corrected chi connectivity index (χ1v) is 6.19. The van der Waals surface area contributed by atoms with Gasteiger partial charge in [-0.1, -0.05) is 19.8 Å². The molecule has 0 aliphatic carbocycles. The number of aromatic nitrogens is 1. The Morgan fingerprint density at radius 1 is 1.61 bits per heavy atom. The molecule has 0 radical (unpaired) electrons. The maximum Gasteiger partial charge on any atom is 0.237 e. The Kier molecular flexibility index (Phi) is 6.14. The van der Waals surface area contributed by atoms with Crippen molar-refractivity contribution in [1.29, 1.82) is 0 Å². The van der Waals surface area contributed by atoms with Crippen LogP contribution >= 0.6 is 0 Å². The summed E-state index contributed by atoms with van der Waals surface area (Å²) in [5.41, 5.74) is 6.72. The van der Waals surface area contributed by atoms with Gasteiger partial charge in [0.25, 0.3) is 0 Å². The van der Waals surface area contributed by atoms with Crippen molar-refractivity contribution in [2.45, 2.75) is 38.8 Å². The van der Waals surface area contributed by atoms with Crippen molar-refractivity contribution < 1.29 is 9.53 Å². The highest BCUT2D eigenvalue weighted by molar-refractivity contribution is 5.81. The number of carbonyl (C=O) groups excluding carboxylic acids is 1. The Morgan fingerprint density at radius 2 is 2.39 bits per heavy atom. The molecule has 5 nitrogen and oxygen atoms in total. The molecule has 100 valence electrons. The van der Waals surface area contributed by atoms with Crippen molar-refractivity contribution in [2.24, 2.45) is 5.73 Å². The molecular formula is C13H21N3O2. The van der Waals surface area contributed by atoms with Gasteiger partial charge in [0.15, 0.2) is 0 Å². The molecule has 1 heterocycles. The highest BCUT2D eigenvalue weighted by Gasteiger charge is 2.12. The van der Waals surface area contributed by atoms with E-state index in [-0.39, 0.29) is 5.91 Å². The van der Waals surface area contributed by atoms with Crippen LogP contribution in [0.5, 0.6) is 5.88 Å². The maximum atomic E-state index is 11.7. The van der Waals surface area contributed by atoms with Crippen LogP contribution in [0.1, 0.15) is 31.7 Å². The zero-order valence-corrected chi connectivity index (χ0v) is 11.0. The summed E-state index contributed by atoms with van der Waals surface area (Å²) in [6.45, 7) is 2.52. The van der Waals surface area contributed by atoms with Gasteiger partial charge >= 0.3 is 0 Å². The molecule has 0 saturated heterocycles. The van der Waals surface area contributed by atoms with Crippen LogP contribution in [0.25, 0.3) is 0 Å². The third-order valence-corrected chi connectivity index (χ3v) is 2.68. The predicted molar refractivity (Wildman–Crippen MR) is 70.1 cm³/mol. The number of ether oxygens (including phenoxy) is 1. The van der Waals surface area contributed by atoms with E-state index < -0.39 is 6.04 Å². The number of methoxy groups -OCH3 is 1. The first kappa shape index (κ1) is 14.4. The summed E-state index contributed by atoms with van der Waals surface area (Å²) < 4.78 is 5.01. The maximum absolute atomic E-state index is 11.7. The smallest absolute Gasteiger partial charge is 0.237 e. The lowest BCUT2D eigenvalue weighted by Gasteiger charge is -2.11. The summed E-state index contributed by atoms with van der Waals surface area (Å²) in [6.07, 6.45) is 4.39. The third kappa shape index (κ3) is 4.71. The number of rotatable bonds is 7. The van der Waals surface area contributed by atoms with Crippen molar-refractivity contribution in [3.8, 4) is 5.88 Å². The third-order valence-electron chi connectivity index (χ3n) is 2.68. The SMILES string of the molecule is CCCCC(N)C(=O)NCc1ccnc(OC)c1. The van der Waals surface area contributed by atoms with Crippen LogP contribution in [0.3, 0.4) is 0 Å². The topological polar surface area (TPSA) is 77.2 Å². The number of amides is 1. The van der Waals surface area contributed by atoms with Gasteiger partial charge in [-0.05, 0) is 18.1 Å². The van der Waals surface area contributed by atoms with Crippen LogP contribution in [0.2, 0.25) is 0 Å². The summed E-state index contributed by atoms with van der Waals surface area (Å²) in [7, 11) is 1.56. The lowest BCUT2D eigenvalue weighted by atomic mass is 10.1. The van der Waals surface area contributed by atoms with Crippen LogP contribution in [0.4, 0.5) is 0 Å². The van der Waals surface area contributed by atoms with Gasteiger partial charge in [0.05, 0.1) is 13.2 Å². The Labute approximate surface area is 108 Å². The number of nitrogens with one attached hydrogen (secondary N) is 1. The lowest BCUT2D eigenvalue weighted by Crippen LogP contribution is -2.40. The second kappa shape index (κ2) is 7.66. The Hall–Kier alpha value is -1.62. The molecule has 0 aliphatic heterocycles. The molecule has 1 aromatic rings. The molecule has 0 fully saturated rings. The van der Waals surface area contributed by atoms with Crippen molar-refractivity contribution >= 4 is 5.91 Å². The summed E-state index contributed by atoms with van der Waals surface area (Å²) in [5, 5.41) is 2.81. The zero-order valence-electron chi connectivity index (χ0n) is 11.0. The molecule has 3 N–H and O–H groups in total. The standard InChI is InChI=1S/C13H21N3O2/c1-3-4-5-11(14)13(17)16-9-10-6-7-15-12(8-10)18-2/h6-8,11H,3-5,9,14H2,1-2H3,(H,16,17). The number of pyridine rings is 1. The van der Waals surface area contributed by atoms with Crippen molar-refractivity contribution in [1.82, 2.24) is 10.3 Å². The number of unbranched alkanes of at least 4 members (excludes halogenated alkanes) is 1. The molecule has 0 saturated carbocycles. The van der Waals surface area contributed by atoms with E-state index in [1.807, 2.05) is 6.07 Å². The van der Waals surface area contributed by atoms with Crippen LogP contribution in [0.15, 0.2) is 18.3 Å². The van der Waals surface area contributed by atoms with Gasteiger partial charge in [0.2, 0.25) is 11.8 Å². The monoisotopic (exact) mass is 251 g/mol. The van der Waals surface area contributed by atoms with Crippen molar-refractivity contribution in [2.75, 3.05) is 7.11 Å². The van der Waals surface area contributed by atoms with E-state index in [9.17, 15) is 4.79 Å². The van der Waals surface area contributed by atoms with Gasteiger partial charge in [-0.2, -0.15) is 0 Å². The largest absolute Gasteiger partial charge is 0.481 e. The minimum atomic E-state index is -0.423. The van der Waals surface area contributed by atoms with E-state index >= 15 is 0 Å². The molecule has 1 amide bonds. The zero-order chi connectivity index (χ0) is 13.4. The summed E-state index contributed by atoms with van der Waals surface area (Å²) >= 11 is 0. The first-order chi connectivity index (χ1) is 8.67. The van der Waals surface area contributed by atoms with E-state index in [0.29, 0.717) is 12.4 Å². The first-order valence-electron chi connectivity index (χ1n) is 6.19. The Morgan fingerprint density at radius 3 is 3.06 bits per heavy atom. The minimum Gasteiger partial charge on any atom is -0.481 e. The predicted octanol–water partition coefficient (Wildman–Crippen LogP) is 1.22. The van der Waals surface area contributed by atoms with E-state index in [0.717, 1.165) is 24.8 Å². The molecule has 1 unspecified atom stereocenters. The number of nitrogens with zero attached hydrogens (tertiary/aromatic N) is 1. The second-order valence-electron chi connectivity index (χ2n) is 4.17. The fourth-order valence-corrected chi connectivity index (χ4v) is 1.55. The van der Waals surface area contributed by atoms with Gasteiger partial charge < -0.3 is 15.8 Å². The molecule has 0 aromatic carbocycles. The number of carbonyl (C=O) groups is 1. The van der Waals surface area contributed by atoms with Gasteiger partial charge in [-0.25, -0.2) is 4.98 Å².